The zero-order valence-corrected chi connectivity index (χ0v) is 18.9. The molecule has 0 aliphatic heterocycles. The van der Waals surface area contributed by atoms with Crippen molar-refractivity contribution in [3.05, 3.63) is 72.1 Å². The van der Waals surface area contributed by atoms with E-state index in [0.717, 1.165) is 17.1 Å². The van der Waals surface area contributed by atoms with Crippen LogP contribution in [0.5, 0.6) is 0 Å². The van der Waals surface area contributed by atoms with Crippen LogP contribution in [0.2, 0.25) is 0 Å². The highest BCUT2D eigenvalue weighted by atomic mass is 32.2. The molecule has 2 N–H and O–H groups in total. The van der Waals surface area contributed by atoms with Gasteiger partial charge in [0.05, 0.1) is 5.25 Å². The molecule has 0 aliphatic rings. The first-order valence-electron chi connectivity index (χ1n) is 10.1. The average Bonchev–Trinajstić information content (AvgIpc) is 3.09. The van der Waals surface area contributed by atoms with Crippen molar-refractivity contribution >= 4 is 23.7 Å². The monoisotopic (exact) mass is 437 g/mol. The molecule has 3 amide bonds. The average molecular weight is 438 g/mol. The van der Waals surface area contributed by atoms with Crippen LogP contribution >= 0.6 is 11.8 Å². The summed E-state index contributed by atoms with van der Waals surface area (Å²) in [6.45, 7) is 7.30. The molecule has 2 aromatic carbocycles. The van der Waals surface area contributed by atoms with Gasteiger partial charge in [-0.25, -0.2) is 4.79 Å². The van der Waals surface area contributed by atoms with Gasteiger partial charge in [0.2, 0.25) is 5.91 Å². The largest absolute Gasteiger partial charge is 0.333 e. The number of hydrogen-bond donors (Lipinski definition) is 2. The molecule has 0 saturated carbocycles. The second-order valence-corrected chi connectivity index (χ2v) is 9.49. The van der Waals surface area contributed by atoms with Crippen LogP contribution < -0.4 is 10.6 Å². The summed E-state index contributed by atoms with van der Waals surface area (Å²) in [5, 5.41) is 13.9. The first-order valence-corrected chi connectivity index (χ1v) is 10.9. The highest BCUT2D eigenvalue weighted by Gasteiger charge is 2.23. The van der Waals surface area contributed by atoms with Gasteiger partial charge in [-0.2, -0.15) is 0 Å². The number of para-hydroxylation sites is 1. The Bertz CT molecular complexity index is 1030. The Kier molecular flexibility index (Phi) is 7.12. The Labute approximate surface area is 186 Å². The molecule has 7 nitrogen and oxygen atoms in total. The van der Waals surface area contributed by atoms with E-state index in [1.807, 2.05) is 86.0 Å². The molecule has 8 heteroatoms. The predicted molar refractivity (Wildman–Crippen MR) is 122 cm³/mol. The van der Waals surface area contributed by atoms with E-state index in [-0.39, 0.29) is 5.91 Å². The van der Waals surface area contributed by atoms with Gasteiger partial charge in [-0.3, -0.25) is 14.7 Å². The van der Waals surface area contributed by atoms with Crippen LogP contribution in [0.3, 0.4) is 0 Å². The summed E-state index contributed by atoms with van der Waals surface area (Å²) in [4.78, 5) is 24.6. The van der Waals surface area contributed by atoms with Gasteiger partial charge in [0.15, 0.2) is 5.16 Å². The van der Waals surface area contributed by atoms with Crippen LogP contribution in [0.1, 0.15) is 39.1 Å². The van der Waals surface area contributed by atoms with Crippen LogP contribution in [0.15, 0.2) is 65.8 Å². The fourth-order valence-electron chi connectivity index (χ4n) is 2.90. The van der Waals surface area contributed by atoms with E-state index in [4.69, 9.17) is 0 Å². The summed E-state index contributed by atoms with van der Waals surface area (Å²) in [7, 11) is 0. The Morgan fingerprint density at radius 1 is 1.00 bits per heavy atom. The van der Waals surface area contributed by atoms with Crippen LogP contribution in [0.4, 0.5) is 4.79 Å². The molecule has 3 rings (SSSR count). The van der Waals surface area contributed by atoms with Gasteiger partial charge in [-0.15, -0.1) is 10.2 Å². The van der Waals surface area contributed by atoms with E-state index in [2.05, 4.69) is 20.8 Å². The molecule has 0 spiro atoms. The molecule has 3 aromatic rings. The lowest BCUT2D eigenvalue weighted by atomic mass is 10.1. The van der Waals surface area contributed by atoms with Crippen molar-refractivity contribution in [3.8, 4) is 5.69 Å². The van der Waals surface area contributed by atoms with Crippen LogP contribution in [-0.4, -0.2) is 37.5 Å². The van der Waals surface area contributed by atoms with Crippen molar-refractivity contribution in [1.82, 2.24) is 25.4 Å². The number of nitrogens with one attached hydrogen (secondary N) is 2. The predicted octanol–water partition coefficient (Wildman–Crippen LogP) is 3.96. The van der Waals surface area contributed by atoms with E-state index >= 15 is 0 Å². The number of imide groups is 1. The molecule has 1 unspecified atom stereocenters. The lowest BCUT2D eigenvalue weighted by molar-refractivity contribution is -0.119. The first kappa shape index (κ1) is 22.6. The molecule has 162 valence electrons. The van der Waals surface area contributed by atoms with Crippen molar-refractivity contribution in [2.24, 2.45) is 0 Å². The molecule has 1 heterocycles. The number of amides is 3. The summed E-state index contributed by atoms with van der Waals surface area (Å²) in [6, 6.07) is 19.3. The lowest BCUT2D eigenvalue weighted by Crippen LogP contribution is -2.49. The van der Waals surface area contributed by atoms with Crippen LogP contribution in [-0.2, 0) is 11.2 Å². The molecule has 1 aromatic heterocycles. The summed E-state index contributed by atoms with van der Waals surface area (Å²) >= 11 is 1.26. The SMILES string of the molecule is CC(Sc1nnc(Cc2ccccc2)n1-c1ccccc1)C(=O)NC(=O)NC(C)(C)C. The molecule has 1 atom stereocenters. The van der Waals surface area contributed by atoms with E-state index in [9.17, 15) is 9.59 Å². The first-order chi connectivity index (χ1) is 14.7. The van der Waals surface area contributed by atoms with Gasteiger partial charge in [0, 0.05) is 17.6 Å². The van der Waals surface area contributed by atoms with E-state index in [0.29, 0.717) is 11.6 Å². The van der Waals surface area contributed by atoms with E-state index in [1.54, 1.807) is 6.92 Å². The molecule has 31 heavy (non-hydrogen) atoms. The molecule has 0 radical (unpaired) electrons. The number of benzene rings is 2. The zero-order chi connectivity index (χ0) is 22.4. The third-order valence-corrected chi connectivity index (χ3v) is 5.34. The van der Waals surface area contributed by atoms with Gasteiger partial charge in [0.25, 0.3) is 0 Å². The van der Waals surface area contributed by atoms with Gasteiger partial charge in [0.1, 0.15) is 5.82 Å². The summed E-state index contributed by atoms with van der Waals surface area (Å²) in [6.07, 6.45) is 0.609. The Hall–Kier alpha value is -3.13. The van der Waals surface area contributed by atoms with Gasteiger partial charge in [-0.05, 0) is 45.4 Å². The van der Waals surface area contributed by atoms with Crippen molar-refractivity contribution < 1.29 is 9.59 Å². The van der Waals surface area contributed by atoms with Gasteiger partial charge < -0.3 is 5.32 Å². The maximum absolute atomic E-state index is 12.5. The molecule has 0 aliphatic carbocycles. The highest BCUT2D eigenvalue weighted by molar-refractivity contribution is 8.00. The highest BCUT2D eigenvalue weighted by Crippen LogP contribution is 2.26. The number of carbonyl (C=O) groups excluding carboxylic acids is 2. The Balaban J connectivity index is 1.80. The van der Waals surface area contributed by atoms with Crippen molar-refractivity contribution in [2.75, 3.05) is 0 Å². The number of urea groups is 1. The van der Waals surface area contributed by atoms with Gasteiger partial charge in [-0.1, -0.05) is 60.3 Å². The third-order valence-electron chi connectivity index (χ3n) is 4.30. The molecular weight excluding hydrogens is 410 g/mol. The van der Waals surface area contributed by atoms with Crippen LogP contribution in [0, 0.1) is 0 Å². The number of thioether (sulfide) groups is 1. The Morgan fingerprint density at radius 2 is 1.61 bits per heavy atom. The topological polar surface area (TPSA) is 88.9 Å². The number of nitrogens with zero attached hydrogens (tertiary/aromatic N) is 3. The summed E-state index contributed by atoms with van der Waals surface area (Å²) in [5.41, 5.74) is 1.60. The smallest absolute Gasteiger partial charge is 0.321 e. The fraction of sp³-hybridized carbons (Fsp3) is 0.304. The third kappa shape index (κ3) is 6.42. The second kappa shape index (κ2) is 9.78. The van der Waals surface area contributed by atoms with Crippen LogP contribution in [0.25, 0.3) is 5.69 Å². The van der Waals surface area contributed by atoms with Crippen molar-refractivity contribution in [2.45, 2.75) is 50.1 Å². The lowest BCUT2D eigenvalue weighted by Gasteiger charge is -2.21. The van der Waals surface area contributed by atoms with Crippen molar-refractivity contribution in [1.29, 1.82) is 0 Å². The molecule has 0 fully saturated rings. The standard InChI is InChI=1S/C23H27N5O2S/c1-16(20(29)24-21(30)25-23(2,3)4)31-22-27-26-19(15-17-11-7-5-8-12-17)28(22)18-13-9-6-10-14-18/h5-14,16H,15H2,1-4H3,(H2,24,25,29,30). The number of aromatic nitrogens is 3. The zero-order valence-electron chi connectivity index (χ0n) is 18.1. The molecular formula is C23H27N5O2S. The molecule has 0 saturated heterocycles. The maximum atomic E-state index is 12.5. The fourth-order valence-corrected chi connectivity index (χ4v) is 3.79. The quantitative estimate of drug-likeness (QED) is 0.570. The number of rotatable bonds is 6. The molecule has 0 bridgehead atoms. The van der Waals surface area contributed by atoms with E-state index in [1.165, 1.54) is 11.8 Å². The minimum atomic E-state index is -0.540. The summed E-state index contributed by atoms with van der Waals surface area (Å²) in [5.74, 6) is 0.386. The maximum Gasteiger partial charge on any atom is 0.321 e. The minimum absolute atomic E-state index is 0.390. The number of carbonyl (C=O) groups is 2. The normalized spacial score (nSPS) is 12.3. The second-order valence-electron chi connectivity index (χ2n) is 8.19. The number of hydrogen-bond acceptors (Lipinski definition) is 5. The van der Waals surface area contributed by atoms with Gasteiger partial charge >= 0.3 is 6.03 Å². The Morgan fingerprint density at radius 3 is 2.23 bits per heavy atom. The minimum Gasteiger partial charge on any atom is -0.333 e. The summed E-state index contributed by atoms with van der Waals surface area (Å²) < 4.78 is 1.96. The van der Waals surface area contributed by atoms with E-state index < -0.39 is 16.8 Å². The van der Waals surface area contributed by atoms with Crippen molar-refractivity contribution in [3.63, 3.8) is 0 Å².